The second-order valence-electron chi connectivity index (χ2n) is 8.71. The molecule has 0 N–H and O–H groups in total. The van der Waals surface area contributed by atoms with Crippen molar-refractivity contribution in [2.75, 3.05) is 0 Å². The van der Waals surface area contributed by atoms with Crippen LogP contribution in [-0.4, -0.2) is 34.5 Å². The van der Waals surface area contributed by atoms with Gasteiger partial charge in [0.15, 0.2) is 5.78 Å². The summed E-state index contributed by atoms with van der Waals surface area (Å²) >= 11 is 0. The number of ether oxygens (including phenoxy) is 1. The summed E-state index contributed by atoms with van der Waals surface area (Å²) in [6.07, 6.45) is 5.33. The molecule has 3 rings (SSSR count). The number of nitrogens with zero attached hydrogens (tertiary/aromatic N) is 1. The lowest BCUT2D eigenvalue weighted by Gasteiger charge is -2.48. The number of amides is 1. The molecule has 4 heteroatoms. The highest BCUT2D eigenvalue weighted by Gasteiger charge is 2.44. The van der Waals surface area contributed by atoms with Gasteiger partial charge in [-0.3, -0.25) is 4.79 Å². The average Bonchev–Trinajstić information content (AvgIpc) is 2.58. The van der Waals surface area contributed by atoms with Crippen LogP contribution in [0.4, 0.5) is 4.79 Å². The van der Waals surface area contributed by atoms with Crippen LogP contribution >= 0.6 is 0 Å². The van der Waals surface area contributed by atoms with Gasteiger partial charge in [0.25, 0.3) is 0 Å². The third-order valence-electron chi connectivity index (χ3n) is 5.60. The van der Waals surface area contributed by atoms with E-state index in [4.69, 9.17) is 4.74 Å². The molecule has 2 fully saturated rings. The minimum Gasteiger partial charge on any atom is -0.444 e. The van der Waals surface area contributed by atoms with E-state index in [0.29, 0.717) is 0 Å². The van der Waals surface area contributed by atoms with Crippen molar-refractivity contribution >= 4 is 11.9 Å². The van der Waals surface area contributed by atoms with Gasteiger partial charge in [-0.1, -0.05) is 31.2 Å². The van der Waals surface area contributed by atoms with E-state index in [9.17, 15) is 9.59 Å². The number of hydrogen-bond acceptors (Lipinski definition) is 3. The van der Waals surface area contributed by atoms with Crippen LogP contribution in [0.3, 0.4) is 0 Å². The Balaban J connectivity index is 1.72. The van der Waals surface area contributed by atoms with Gasteiger partial charge >= 0.3 is 6.09 Å². The first-order chi connectivity index (χ1) is 12.3. The lowest BCUT2D eigenvalue weighted by Crippen LogP contribution is -2.56. The molecule has 1 aromatic carbocycles. The standard InChI is InChI=1S/C22H31NO3/c1-5-15-9-11-16(12-10-15)20(24)17-13-18-7-6-8-19(14-17)23(18)21(25)26-22(2,3)4/h9-12,17-19H,5-8,13-14H2,1-4H3. The highest BCUT2D eigenvalue weighted by Crippen LogP contribution is 2.39. The molecule has 2 saturated heterocycles. The van der Waals surface area contributed by atoms with Crippen molar-refractivity contribution in [3.05, 3.63) is 35.4 Å². The van der Waals surface area contributed by atoms with Crippen LogP contribution in [-0.2, 0) is 11.2 Å². The molecule has 2 aliphatic rings. The number of rotatable bonds is 3. The van der Waals surface area contributed by atoms with Gasteiger partial charge in [-0.25, -0.2) is 4.79 Å². The van der Waals surface area contributed by atoms with E-state index in [1.54, 1.807) is 0 Å². The van der Waals surface area contributed by atoms with Crippen molar-refractivity contribution in [3.63, 3.8) is 0 Å². The van der Waals surface area contributed by atoms with Crippen LogP contribution in [0.5, 0.6) is 0 Å². The molecule has 0 aliphatic carbocycles. The SMILES string of the molecule is CCc1ccc(C(=O)C2CC3CCCC(C2)N3C(=O)OC(C)(C)C)cc1. The largest absolute Gasteiger partial charge is 0.444 e. The molecule has 0 aromatic heterocycles. The molecule has 0 saturated carbocycles. The molecule has 2 unspecified atom stereocenters. The quantitative estimate of drug-likeness (QED) is 0.715. The first-order valence-corrected chi connectivity index (χ1v) is 9.93. The molecular weight excluding hydrogens is 326 g/mol. The topological polar surface area (TPSA) is 46.6 Å². The van der Waals surface area contributed by atoms with Crippen LogP contribution in [0.1, 0.15) is 75.7 Å². The van der Waals surface area contributed by atoms with E-state index >= 15 is 0 Å². The van der Waals surface area contributed by atoms with Gasteiger partial charge in [0, 0.05) is 23.6 Å². The van der Waals surface area contributed by atoms with Crippen LogP contribution in [0, 0.1) is 5.92 Å². The summed E-state index contributed by atoms with van der Waals surface area (Å²) in [5.41, 5.74) is 1.56. The molecule has 1 amide bonds. The summed E-state index contributed by atoms with van der Waals surface area (Å²) in [6.45, 7) is 7.81. The molecule has 0 spiro atoms. The van der Waals surface area contributed by atoms with Gasteiger partial charge in [-0.05, 0) is 64.9 Å². The summed E-state index contributed by atoms with van der Waals surface area (Å²) < 4.78 is 5.62. The number of fused-ring (bicyclic) bond motifs is 2. The Hall–Kier alpha value is -1.84. The number of benzene rings is 1. The van der Waals surface area contributed by atoms with Crippen LogP contribution in [0.2, 0.25) is 0 Å². The lowest BCUT2D eigenvalue weighted by atomic mass is 9.76. The summed E-state index contributed by atoms with van der Waals surface area (Å²) in [6, 6.07) is 8.25. The van der Waals surface area contributed by atoms with Crippen molar-refractivity contribution in [1.29, 1.82) is 0 Å². The van der Waals surface area contributed by atoms with Crippen LogP contribution < -0.4 is 0 Å². The molecule has 2 bridgehead atoms. The van der Waals surface area contributed by atoms with E-state index in [-0.39, 0.29) is 29.9 Å². The first-order valence-electron chi connectivity index (χ1n) is 9.93. The second-order valence-corrected chi connectivity index (χ2v) is 8.71. The van der Waals surface area contributed by atoms with Gasteiger partial charge in [0.2, 0.25) is 0 Å². The Morgan fingerprint density at radius 2 is 1.65 bits per heavy atom. The highest BCUT2D eigenvalue weighted by molar-refractivity contribution is 5.98. The number of aryl methyl sites for hydroxylation is 1. The maximum atomic E-state index is 13.0. The number of hydrogen-bond donors (Lipinski definition) is 0. The smallest absolute Gasteiger partial charge is 0.410 e. The van der Waals surface area contributed by atoms with E-state index < -0.39 is 5.60 Å². The Labute approximate surface area is 156 Å². The predicted octanol–water partition coefficient (Wildman–Crippen LogP) is 5.00. The van der Waals surface area contributed by atoms with Gasteiger partial charge < -0.3 is 9.64 Å². The van der Waals surface area contributed by atoms with Gasteiger partial charge in [-0.2, -0.15) is 0 Å². The lowest BCUT2D eigenvalue weighted by molar-refractivity contribution is -0.0260. The molecule has 0 radical (unpaired) electrons. The molecule has 26 heavy (non-hydrogen) atoms. The molecule has 142 valence electrons. The molecule has 4 nitrogen and oxygen atoms in total. The maximum absolute atomic E-state index is 13.0. The van der Waals surface area contributed by atoms with Gasteiger partial charge in [-0.15, -0.1) is 0 Å². The third-order valence-corrected chi connectivity index (χ3v) is 5.60. The summed E-state index contributed by atoms with van der Waals surface area (Å²) in [7, 11) is 0. The summed E-state index contributed by atoms with van der Waals surface area (Å²) in [5.74, 6) is 0.241. The maximum Gasteiger partial charge on any atom is 0.410 e. The number of carbonyl (C=O) groups excluding carboxylic acids is 2. The van der Waals surface area contributed by atoms with Crippen LogP contribution in [0.25, 0.3) is 0 Å². The Morgan fingerprint density at radius 3 is 2.15 bits per heavy atom. The molecule has 2 aliphatic heterocycles. The van der Waals surface area contributed by atoms with Crippen molar-refractivity contribution in [1.82, 2.24) is 4.90 Å². The van der Waals surface area contributed by atoms with E-state index in [1.165, 1.54) is 5.56 Å². The minimum absolute atomic E-state index is 0.0106. The number of ketones is 1. The van der Waals surface area contributed by atoms with Crippen molar-refractivity contribution in [3.8, 4) is 0 Å². The van der Waals surface area contributed by atoms with E-state index in [0.717, 1.165) is 44.1 Å². The Kier molecular flexibility index (Phi) is 5.40. The van der Waals surface area contributed by atoms with Gasteiger partial charge in [0.05, 0.1) is 0 Å². The zero-order valence-electron chi connectivity index (χ0n) is 16.5. The zero-order chi connectivity index (χ0) is 18.9. The minimum atomic E-state index is -0.487. The highest BCUT2D eigenvalue weighted by atomic mass is 16.6. The fourth-order valence-corrected chi connectivity index (χ4v) is 4.35. The normalized spacial score (nSPS) is 25.7. The molecule has 2 heterocycles. The van der Waals surface area contributed by atoms with E-state index in [1.807, 2.05) is 49.9 Å². The van der Waals surface area contributed by atoms with Gasteiger partial charge in [0.1, 0.15) is 5.60 Å². The van der Waals surface area contributed by atoms with Crippen molar-refractivity contribution < 1.29 is 14.3 Å². The molecule has 2 atom stereocenters. The average molecular weight is 357 g/mol. The first kappa shape index (κ1) is 18.9. The monoisotopic (exact) mass is 357 g/mol. The fraction of sp³-hybridized carbons (Fsp3) is 0.636. The predicted molar refractivity (Wildman–Crippen MR) is 102 cm³/mol. The number of piperidine rings is 2. The summed E-state index contributed by atoms with van der Waals surface area (Å²) in [4.78, 5) is 27.6. The number of carbonyl (C=O) groups is 2. The second kappa shape index (κ2) is 7.42. The zero-order valence-corrected chi connectivity index (χ0v) is 16.5. The van der Waals surface area contributed by atoms with Crippen molar-refractivity contribution in [2.45, 2.75) is 83.9 Å². The summed E-state index contributed by atoms with van der Waals surface area (Å²) in [5, 5.41) is 0. The van der Waals surface area contributed by atoms with E-state index in [2.05, 4.69) is 6.92 Å². The Morgan fingerprint density at radius 1 is 1.08 bits per heavy atom. The third kappa shape index (κ3) is 4.11. The van der Waals surface area contributed by atoms with Crippen molar-refractivity contribution in [2.24, 2.45) is 5.92 Å². The molecule has 1 aromatic rings. The molecular formula is C22H31NO3. The number of Topliss-reactive ketones (excluding diaryl/α,β-unsaturated/α-hetero) is 1. The fourth-order valence-electron chi connectivity index (χ4n) is 4.35. The Bertz CT molecular complexity index is 645. The van der Waals surface area contributed by atoms with Crippen LogP contribution in [0.15, 0.2) is 24.3 Å².